The fraction of sp³-hybridized carbons (Fsp3) is 0.636. The van der Waals surface area contributed by atoms with Crippen LogP contribution in [0.3, 0.4) is 0 Å². The third kappa shape index (κ3) is 17.7. The molecule has 0 saturated carbocycles. The maximum absolute atomic E-state index is 14.7. The second kappa shape index (κ2) is 24.1. The summed E-state index contributed by atoms with van der Waals surface area (Å²) in [5.74, 6) is 0.404. The molecule has 411 valence electrons. The normalized spacial score (nSPS) is 14.4. The topological polar surface area (TPSA) is 105 Å². The minimum atomic E-state index is -0.376. The molecule has 1 heterocycles. The third-order valence-electron chi connectivity index (χ3n) is 14.5. The molecule has 1 aliphatic heterocycles. The van der Waals surface area contributed by atoms with E-state index in [1.54, 1.807) is 0 Å². The molecule has 0 atom stereocenters. The van der Waals surface area contributed by atoms with Gasteiger partial charge in [0.05, 0.1) is 0 Å². The van der Waals surface area contributed by atoms with Crippen LogP contribution in [0.4, 0.5) is 0 Å². The monoisotopic (exact) mass is 1150 g/mol. The Kier molecular flexibility index (Phi) is 21.4. The van der Waals surface area contributed by atoms with Crippen LogP contribution in [0.2, 0.25) is 0 Å². The molecule has 0 aromatic heterocycles. The van der Waals surface area contributed by atoms with E-state index >= 15 is 0 Å². The van der Waals surface area contributed by atoms with Crippen molar-refractivity contribution >= 4 is 0 Å². The minimum Gasteiger partial charge on any atom is -0.872 e. The van der Waals surface area contributed by atoms with Gasteiger partial charge in [-0.3, -0.25) is 9.80 Å². The van der Waals surface area contributed by atoms with E-state index in [0.29, 0.717) is 50.4 Å². The zero-order chi connectivity index (χ0) is 55.8. The Morgan fingerprint density at radius 1 is 0.365 bits per heavy atom. The number of hydrogen-bond donors (Lipinski definition) is 1. The fourth-order valence-electron chi connectivity index (χ4n) is 9.39. The van der Waals surface area contributed by atoms with Gasteiger partial charge in [-0.1, -0.05) is 215 Å². The minimum absolute atomic E-state index is 0. The van der Waals surface area contributed by atoms with E-state index in [1.165, 1.54) is 12.8 Å². The number of nitrogens with zero attached hydrogens (tertiary/aromatic N) is 2. The first-order chi connectivity index (χ1) is 32.9. The first kappa shape index (κ1) is 65.6. The van der Waals surface area contributed by atoms with Gasteiger partial charge in [-0.2, -0.15) is 0 Å². The predicted molar refractivity (Wildman–Crippen MR) is 304 cm³/mol. The van der Waals surface area contributed by atoms with Gasteiger partial charge in [-0.05, 0) is 117 Å². The Labute approximate surface area is 484 Å². The number of rotatable bonds is 11. The largest absolute Gasteiger partial charge is 3.00 e. The number of hydrogen-bond acceptors (Lipinski definition) is 7. The smallest absolute Gasteiger partial charge is 0.872 e. The molecular weight excluding hydrogens is 1050 g/mol. The van der Waals surface area contributed by atoms with E-state index in [9.17, 15) is 20.4 Å². The third-order valence-corrected chi connectivity index (χ3v) is 14.5. The van der Waals surface area contributed by atoms with Gasteiger partial charge in [0.1, 0.15) is 5.75 Å². The Morgan fingerprint density at radius 3 is 0.811 bits per heavy atom. The molecule has 0 spiro atoms. The van der Waals surface area contributed by atoms with Gasteiger partial charge >= 0.3 is 40.4 Å². The van der Waals surface area contributed by atoms with Crippen molar-refractivity contribution in [1.82, 2.24) is 9.80 Å². The van der Waals surface area contributed by atoms with Crippen molar-refractivity contribution in [1.29, 1.82) is 0 Å². The molecule has 4 aromatic carbocycles. The quantitative estimate of drug-likeness (QED) is 0.159. The summed E-state index contributed by atoms with van der Waals surface area (Å²) in [6.07, 6.45) is 2.56. The number of phenolic OH excluding ortho intramolecular Hbond substituents is 1. The van der Waals surface area contributed by atoms with Crippen molar-refractivity contribution in [2.45, 2.75) is 249 Å². The van der Waals surface area contributed by atoms with Crippen LogP contribution in [0.25, 0.3) is 0 Å². The number of phenols is 1. The van der Waals surface area contributed by atoms with Gasteiger partial charge < -0.3 is 25.2 Å². The van der Waals surface area contributed by atoms with E-state index in [0.717, 1.165) is 68.8 Å². The van der Waals surface area contributed by atoms with E-state index < -0.39 is 0 Å². The van der Waals surface area contributed by atoms with Gasteiger partial charge in [0.2, 0.25) is 0 Å². The average molecular weight is 1150 g/mol. The molecule has 0 aliphatic carbocycles. The molecular formula is C66H101N2O5Sm. The summed E-state index contributed by atoms with van der Waals surface area (Å²) in [6.45, 7) is 56.0. The van der Waals surface area contributed by atoms with Crippen LogP contribution in [0.5, 0.6) is 23.0 Å². The summed E-state index contributed by atoms with van der Waals surface area (Å²) in [6, 6.07) is 16.9. The van der Waals surface area contributed by atoms with Gasteiger partial charge in [0, 0.05) is 58.0 Å². The van der Waals surface area contributed by atoms with Crippen molar-refractivity contribution in [3.05, 3.63) is 115 Å². The average Bonchev–Trinajstić information content (AvgIpc) is 3.80. The van der Waals surface area contributed by atoms with Gasteiger partial charge in [-0.25, -0.2) is 0 Å². The molecule has 5 rings (SSSR count). The van der Waals surface area contributed by atoms with Gasteiger partial charge in [0.15, 0.2) is 0 Å². The molecule has 1 aliphatic rings. The summed E-state index contributed by atoms with van der Waals surface area (Å²) >= 11 is 0. The summed E-state index contributed by atoms with van der Waals surface area (Å²) in [5, 5.41) is 56.3. The molecule has 8 heteroatoms. The van der Waals surface area contributed by atoms with Crippen LogP contribution in [0.1, 0.15) is 246 Å². The Bertz CT molecular complexity index is 2170. The Balaban J connectivity index is 0.00000226. The van der Waals surface area contributed by atoms with Crippen molar-refractivity contribution in [2.75, 3.05) is 26.3 Å². The number of ether oxygens (including phenoxy) is 1. The summed E-state index contributed by atoms with van der Waals surface area (Å²) in [7, 11) is 0. The fourth-order valence-corrected chi connectivity index (χ4v) is 9.39. The maximum Gasteiger partial charge on any atom is 3.00 e. The number of benzene rings is 4. The van der Waals surface area contributed by atoms with Crippen LogP contribution < -0.4 is 15.3 Å². The molecule has 0 unspecified atom stereocenters. The zero-order valence-electron chi connectivity index (χ0n) is 51.1. The SMILES string of the molecule is C1CCOC1.CC(C)(C)c1cc(CN(CCN(Cc2cc(C(C)(C)C)cc(C(C)(C)C)c2[O-])Cc2cc(C(C)(C)C)cc(C(C)(C)C)c2O)Cc2cc(C(C)(C)C)cc(C(C)(C)C)c2[O-])c([O-])c(C(C)(C)C)c1.[Sm+3]. The molecule has 74 heavy (non-hydrogen) atoms. The second-order valence-corrected chi connectivity index (χ2v) is 29.8. The summed E-state index contributed by atoms with van der Waals surface area (Å²) < 4.78 is 4.94. The molecule has 0 bridgehead atoms. The first-order valence-corrected chi connectivity index (χ1v) is 27.3. The van der Waals surface area contributed by atoms with E-state index in [1.807, 2.05) is 0 Å². The predicted octanol–water partition coefficient (Wildman–Crippen LogP) is 14.5. The van der Waals surface area contributed by atoms with Crippen molar-refractivity contribution in [3.63, 3.8) is 0 Å². The Morgan fingerprint density at radius 2 is 0.595 bits per heavy atom. The molecule has 0 amide bonds. The van der Waals surface area contributed by atoms with Crippen LogP contribution in [-0.4, -0.2) is 41.2 Å². The van der Waals surface area contributed by atoms with Crippen molar-refractivity contribution < 1.29 is 65.6 Å². The molecule has 1 fully saturated rings. The van der Waals surface area contributed by atoms with Gasteiger partial charge in [0.25, 0.3) is 0 Å². The zero-order valence-corrected chi connectivity index (χ0v) is 53.7. The molecule has 4 aromatic rings. The molecule has 1 N–H and O–H groups in total. The van der Waals surface area contributed by atoms with Crippen LogP contribution in [0, 0.1) is 40.4 Å². The first-order valence-electron chi connectivity index (χ1n) is 27.3. The molecule has 1 radical (unpaired) electrons. The Hall–Kier alpha value is -2.70. The second-order valence-electron chi connectivity index (χ2n) is 29.8. The van der Waals surface area contributed by atoms with Crippen molar-refractivity contribution in [3.8, 4) is 23.0 Å². The van der Waals surface area contributed by atoms with E-state index in [2.05, 4.69) is 225 Å². The standard InChI is InChI=1S/C62H96N2O4.C4H8O.Sm/c1-55(2,3)43-27-39(51(65)47(31-43)59(13,14)15)35-63(36-40-28-44(56(4,5)6)32-48(52(40)66)60(16,17)18)25-26-64(37-41-29-45(57(7,8)9)33-49(53(41)67)61(19,20)21)38-42-30-46(58(10,11)12)34-50(54(42)68)62(22,23)24;1-2-4-5-3-1;/h27-34,65-68H,25-26,35-38H2,1-24H3;1-4H2;/q;;+3/p-3. The molecule has 1 saturated heterocycles. The van der Waals surface area contributed by atoms with Gasteiger partial charge in [-0.15, -0.1) is 17.2 Å². The van der Waals surface area contributed by atoms with Crippen molar-refractivity contribution in [2.24, 2.45) is 0 Å². The number of aromatic hydroxyl groups is 1. The molecule has 7 nitrogen and oxygen atoms in total. The van der Waals surface area contributed by atoms with E-state index in [4.69, 9.17) is 4.74 Å². The summed E-state index contributed by atoms with van der Waals surface area (Å²) in [5.41, 5.74) is 8.46. The van der Waals surface area contributed by atoms with E-state index in [-0.39, 0.29) is 107 Å². The summed E-state index contributed by atoms with van der Waals surface area (Å²) in [4.78, 5) is 4.57. The van der Waals surface area contributed by atoms with Crippen LogP contribution in [0.15, 0.2) is 48.5 Å². The maximum atomic E-state index is 14.7. The van der Waals surface area contributed by atoms with Crippen LogP contribution in [-0.2, 0) is 74.2 Å². The van der Waals surface area contributed by atoms with Crippen LogP contribution >= 0.6 is 0 Å².